The highest BCUT2D eigenvalue weighted by Crippen LogP contribution is 2.28. The summed E-state index contributed by atoms with van der Waals surface area (Å²) >= 11 is 0. The summed E-state index contributed by atoms with van der Waals surface area (Å²) in [7, 11) is 1.83. The van der Waals surface area contributed by atoms with Gasteiger partial charge in [-0.1, -0.05) is 30.3 Å². The average molecular weight is 309 g/mol. The highest BCUT2D eigenvalue weighted by atomic mass is 16.7. The Labute approximate surface area is 132 Å². The van der Waals surface area contributed by atoms with Crippen molar-refractivity contribution in [3.63, 3.8) is 0 Å². The predicted molar refractivity (Wildman–Crippen MR) is 85.3 cm³/mol. The van der Waals surface area contributed by atoms with Crippen LogP contribution in [0, 0.1) is 0 Å². The lowest BCUT2D eigenvalue weighted by Crippen LogP contribution is -2.44. The monoisotopic (exact) mass is 309 g/mol. The van der Waals surface area contributed by atoms with Gasteiger partial charge in [0.2, 0.25) is 0 Å². The molecule has 4 rings (SSSR count). The third-order valence-electron chi connectivity index (χ3n) is 4.16. The topological polar surface area (TPSA) is 57.5 Å². The van der Waals surface area contributed by atoms with E-state index in [4.69, 9.17) is 9.47 Å². The Hall–Kier alpha value is -2.82. The maximum atomic E-state index is 12.4. The van der Waals surface area contributed by atoms with Crippen LogP contribution in [0.15, 0.2) is 36.4 Å². The molecule has 1 saturated heterocycles. The molecule has 116 valence electrons. The normalized spacial score (nSPS) is 17.6. The first-order valence-electron chi connectivity index (χ1n) is 7.36. The molecule has 0 aliphatic carbocycles. The molecular formula is C18H15NO4. The Morgan fingerprint density at radius 2 is 1.57 bits per heavy atom. The van der Waals surface area contributed by atoms with Gasteiger partial charge in [0.25, 0.3) is 5.79 Å². The van der Waals surface area contributed by atoms with Crippen molar-refractivity contribution < 1.29 is 19.1 Å². The fourth-order valence-electron chi connectivity index (χ4n) is 3.25. The summed E-state index contributed by atoms with van der Waals surface area (Å²) in [6, 6.07) is 11.7. The van der Waals surface area contributed by atoms with E-state index in [0.717, 1.165) is 21.7 Å². The molecule has 0 spiro atoms. The van der Waals surface area contributed by atoms with Crippen molar-refractivity contribution in [3.05, 3.63) is 41.7 Å². The van der Waals surface area contributed by atoms with E-state index in [2.05, 4.69) is 0 Å². The summed E-state index contributed by atoms with van der Waals surface area (Å²) in [5.74, 6) is -2.55. The van der Waals surface area contributed by atoms with E-state index < -0.39 is 17.7 Å². The molecule has 1 aromatic heterocycles. The molecule has 2 aromatic carbocycles. The molecule has 5 heteroatoms. The molecule has 23 heavy (non-hydrogen) atoms. The first-order valence-corrected chi connectivity index (χ1v) is 7.36. The lowest BCUT2D eigenvalue weighted by atomic mass is 10.1. The van der Waals surface area contributed by atoms with E-state index in [1.54, 1.807) is 0 Å². The van der Waals surface area contributed by atoms with E-state index in [9.17, 15) is 9.59 Å². The number of hydrogen-bond acceptors (Lipinski definition) is 4. The first-order chi connectivity index (χ1) is 10.9. The largest absolute Gasteiger partial charge is 0.419 e. The lowest BCUT2D eigenvalue weighted by molar-refractivity contribution is -0.217. The molecule has 5 nitrogen and oxygen atoms in total. The van der Waals surface area contributed by atoms with Gasteiger partial charge in [0.05, 0.1) is 5.35 Å². The number of ether oxygens (including phenoxy) is 2. The van der Waals surface area contributed by atoms with Gasteiger partial charge in [0, 0.05) is 37.2 Å². The van der Waals surface area contributed by atoms with Crippen molar-refractivity contribution in [2.45, 2.75) is 19.6 Å². The second-order valence-corrected chi connectivity index (χ2v) is 6.14. The summed E-state index contributed by atoms with van der Waals surface area (Å²) in [4.78, 5) is 24.8. The molecule has 0 radical (unpaired) electrons. The SMILES string of the molecule is Cn1c(=C2C(=O)OC(C)(C)OC2=O)c2cccc3cccc1c32. The van der Waals surface area contributed by atoms with Crippen molar-refractivity contribution in [1.29, 1.82) is 0 Å². The van der Waals surface area contributed by atoms with Gasteiger partial charge in [-0.3, -0.25) is 0 Å². The van der Waals surface area contributed by atoms with E-state index in [-0.39, 0.29) is 5.57 Å². The summed E-state index contributed by atoms with van der Waals surface area (Å²) < 4.78 is 12.3. The van der Waals surface area contributed by atoms with Gasteiger partial charge in [0.1, 0.15) is 0 Å². The fraction of sp³-hybridized carbons (Fsp3) is 0.222. The minimum absolute atomic E-state index is 0.0597. The van der Waals surface area contributed by atoms with Crippen LogP contribution in [0.25, 0.3) is 27.2 Å². The Balaban J connectivity index is 2.18. The van der Waals surface area contributed by atoms with Gasteiger partial charge in [0.15, 0.2) is 5.57 Å². The molecule has 0 unspecified atom stereocenters. The van der Waals surface area contributed by atoms with Crippen molar-refractivity contribution in [2.75, 3.05) is 0 Å². The van der Waals surface area contributed by atoms with Crippen molar-refractivity contribution in [3.8, 4) is 0 Å². The molecule has 0 N–H and O–H groups in total. The Morgan fingerprint density at radius 1 is 0.957 bits per heavy atom. The molecule has 0 amide bonds. The summed E-state index contributed by atoms with van der Waals surface area (Å²) in [6.45, 7) is 3.08. The minimum atomic E-state index is -1.24. The van der Waals surface area contributed by atoms with Crippen molar-refractivity contribution in [2.24, 2.45) is 7.05 Å². The highest BCUT2D eigenvalue weighted by molar-refractivity contribution is 6.38. The second-order valence-electron chi connectivity index (χ2n) is 6.14. The number of hydrogen-bond donors (Lipinski definition) is 0. The molecule has 0 saturated carbocycles. The number of rotatable bonds is 0. The Morgan fingerprint density at radius 3 is 2.22 bits per heavy atom. The standard InChI is InChI=1S/C18H15NO4/c1-18(2)22-16(20)14(17(21)23-18)15-11-8-4-6-10-7-5-9-12(13(10)11)19(15)3/h4-9H,1-3H3. The minimum Gasteiger partial charge on any atom is -0.419 e. The van der Waals surface area contributed by atoms with Gasteiger partial charge in [-0.05, 0) is 11.5 Å². The van der Waals surface area contributed by atoms with E-state index >= 15 is 0 Å². The van der Waals surface area contributed by atoms with Crippen LogP contribution in [0.2, 0.25) is 0 Å². The van der Waals surface area contributed by atoms with Gasteiger partial charge >= 0.3 is 11.9 Å². The van der Waals surface area contributed by atoms with Crippen LogP contribution < -0.4 is 5.35 Å². The smallest absolute Gasteiger partial charge is 0.351 e. The van der Waals surface area contributed by atoms with Crippen molar-refractivity contribution in [1.82, 2.24) is 4.57 Å². The molecule has 1 aliphatic heterocycles. The fourth-order valence-corrected chi connectivity index (χ4v) is 3.25. The molecule has 2 heterocycles. The maximum absolute atomic E-state index is 12.4. The third kappa shape index (κ3) is 1.86. The van der Waals surface area contributed by atoms with Crippen LogP contribution in [0.4, 0.5) is 0 Å². The van der Waals surface area contributed by atoms with Crippen LogP contribution in [0.5, 0.6) is 0 Å². The van der Waals surface area contributed by atoms with E-state index in [0.29, 0.717) is 5.35 Å². The molecule has 1 aliphatic rings. The Bertz CT molecular complexity index is 1010. The third-order valence-corrected chi connectivity index (χ3v) is 4.16. The Kier molecular flexibility index (Phi) is 2.61. The van der Waals surface area contributed by atoms with E-state index in [1.807, 2.05) is 48.0 Å². The van der Waals surface area contributed by atoms with Crippen molar-refractivity contribution >= 4 is 39.2 Å². The molecule has 1 fully saturated rings. The molecular weight excluding hydrogens is 294 g/mol. The van der Waals surface area contributed by atoms with Gasteiger partial charge in [-0.25, -0.2) is 9.59 Å². The first kappa shape index (κ1) is 13.8. The second kappa shape index (κ2) is 4.35. The van der Waals surface area contributed by atoms with Crippen LogP contribution in [-0.4, -0.2) is 22.3 Å². The van der Waals surface area contributed by atoms with Crippen LogP contribution in [0.1, 0.15) is 13.8 Å². The number of carbonyl (C=O) groups is 2. The van der Waals surface area contributed by atoms with E-state index in [1.165, 1.54) is 13.8 Å². The lowest BCUT2D eigenvalue weighted by Gasteiger charge is -2.29. The number of aromatic nitrogens is 1. The van der Waals surface area contributed by atoms with Crippen LogP contribution in [-0.2, 0) is 26.1 Å². The van der Waals surface area contributed by atoms with Crippen LogP contribution in [0.3, 0.4) is 0 Å². The molecule has 0 atom stereocenters. The zero-order valence-electron chi connectivity index (χ0n) is 13.0. The molecule has 3 aromatic rings. The summed E-state index contributed by atoms with van der Waals surface area (Å²) in [5, 5.41) is 3.44. The number of aryl methyl sites for hydroxylation is 1. The average Bonchev–Trinajstić information content (AvgIpc) is 2.74. The van der Waals surface area contributed by atoms with Gasteiger partial charge in [-0.2, -0.15) is 0 Å². The number of cyclic esters (lactones) is 2. The maximum Gasteiger partial charge on any atom is 0.351 e. The number of carbonyl (C=O) groups excluding carboxylic acids is 2. The highest BCUT2D eigenvalue weighted by Gasteiger charge is 2.40. The predicted octanol–water partition coefficient (Wildman–Crippen LogP) is 2.04. The summed E-state index contributed by atoms with van der Waals surface area (Å²) in [5.41, 5.74) is 0.890. The zero-order valence-corrected chi connectivity index (χ0v) is 13.0. The number of nitrogens with zero attached hydrogens (tertiary/aromatic N) is 1. The van der Waals surface area contributed by atoms with Gasteiger partial charge in [-0.15, -0.1) is 0 Å². The summed E-state index contributed by atoms with van der Waals surface area (Å²) in [6.07, 6.45) is 0. The molecule has 0 bridgehead atoms. The quantitative estimate of drug-likeness (QED) is 0.596. The van der Waals surface area contributed by atoms with Gasteiger partial charge < -0.3 is 14.0 Å². The van der Waals surface area contributed by atoms with Crippen LogP contribution >= 0.6 is 0 Å². The zero-order chi connectivity index (χ0) is 16.4. The number of benzene rings is 2. The number of esters is 2.